The average Bonchev–Trinajstić information content (AvgIpc) is 2.56. The van der Waals surface area contributed by atoms with Crippen LogP contribution in [0.15, 0.2) is 24.4 Å². The first-order chi connectivity index (χ1) is 7.93. The molecule has 2 rings (SSSR count). The van der Waals surface area contributed by atoms with Crippen LogP contribution in [0.3, 0.4) is 0 Å². The maximum atomic E-state index is 6.21. The van der Waals surface area contributed by atoms with Crippen LogP contribution in [0, 0.1) is 0 Å². The average molecular weight is 232 g/mol. The smallest absolute Gasteiger partial charge is 0.120 e. The van der Waals surface area contributed by atoms with Gasteiger partial charge in [0.2, 0.25) is 0 Å². The Bertz CT molecular complexity index is 535. The minimum Gasteiger partial charge on any atom is -0.494 e. The lowest BCUT2D eigenvalue weighted by Gasteiger charge is -2.17. The van der Waals surface area contributed by atoms with E-state index >= 15 is 0 Å². The zero-order chi connectivity index (χ0) is 12.6. The van der Waals surface area contributed by atoms with Crippen LogP contribution in [-0.4, -0.2) is 11.2 Å². The molecule has 0 fully saturated rings. The molecule has 0 saturated heterocycles. The van der Waals surface area contributed by atoms with Crippen LogP contribution in [0.25, 0.3) is 10.9 Å². The van der Waals surface area contributed by atoms with Crippen LogP contribution < -0.4 is 10.5 Å². The molecule has 3 heteroatoms. The maximum absolute atomic E-state index is 6.21. The third-order valence-corrected chi connectivity index (χ3v) is 2.97. The Morgan fingerprint density at radius 2 is 2.06 bits per heavy atom. The van der Waals surface area contributed by atoms with Crippen molar-refractivity contribution in [1.82, 2.24) is 4.57 Å². The first-order valence-electron chi connectivity index (χ1n) is 5.94. The minimum absolute atomic E-state index is 0.343. The fraction of sp³-hybridized carbons (Fsp3) is 0.429. The largest absolute Gasteiger partial charge is 0.494 e. The molecule has 0 saturated carbocycles. The van der Waals surface area contributed by atoms with Gasteiger partial charge in [-0.1, -0.05) is 0 Å². The molecule has 0 unspecified atom stereocenters. The number of benzene rings is 1. The van der Waals surface area contributed by atoms with Crippen LogP contribution in [0.1, 0.15) is 26.3 Å². The molecule has 1 heterocycles. The maximum Gasteiger partial charge on any atom is 0.120 e. The SMILES string of the molecule is CCOc1ccc2c(c1)c(C(C)(C)N)cn2C. The van der Waals surface area contributed by atoms with Crippen molar-refractivity contribution in [2.45, 2.75) is 26.3 Å². The van der Waals surface area contributed by atoms with Crippen LogP contribution in [0.4, 0.5) is 0 Å². The molecule has 0 amide bonds. The van der Waals surface area contributed by atoms with E-state index in [9.17, 15) is 0 Å². The van der Waals surface area contributed by atoms with Crippen molar-refractivity contribution in [2.75, 3.05) is 6.61 Å². The lowest BCUT2D eigenvalue weighted by atomic mass is 9.95. The number of aryl methyl sites for hydroxylation is 1. The summed E-state index contributed by atoms with van der Waals surface area (Å²) in [7, 11) is 2.04. The van der Waals surface area contributed by atoms with Crippen molar-refractivity contribution >= 4 is 10.9 Å². The first-order valence-corrected chi connectivity index (χ1v) is 5.94. The van der Waals surface area contributed by atoms with Gasteiger partial charge in [0.25, 0.3) is 0 Å². The standard InChI is InChI=1S/C14H20N2O/c1-5-17-10-6-7-13-11(8-10)12(9-16(13)4)14(2,3)15/h6-9H,5,15H2,1-4H3. The highest BCUT2D eigenvalue weighted by Gasteiger charge is 2.20. The van der Waals surface area contributed by atoms with Crippen molar-refractivity contribution in [2.24, 2.45) is 12.8 Å². The minimum atomic E-state index is -0.343. The van der Waals surface area contributed by atoms with Gasteiger partial charge in [-0.3, -0.25) is 0 Å². The van der Waals surface area contributed by atoms with Gasteiger partial charge in [-0.05, 0) is 44.5 Å². The van der Waals surface area contributed by atoms with Crippen molar-refractivity contribution in [1.29, 1.82) is 0 Å². The molecule has 0 spiro atoms. The summed E-state index contributed by atoms with van der Waals surface area (Å²) in [6.07, 6.45) is 2.10. The second-order valence-electron chi connectivity index (χ2n) is 4.99. The molecule has 0 atom stereocenters. The molecule has 1 aromatic heterocycles. The Balaban J connectivity index is 2.65. The molecule has 17 heavy (non-hydrogen) atoms. The summed E-state index contributed by atoms with van der Waals surface area (Å²) in [5.74, 6) is 0.900. The Morgan fingerprint density at radius 1 is 1.35 bits per heavy atom. The fourth-order valence-electron chi connectivity index (χ4n) is 2.14. The summed E-state index contributed by atoms with van der Waals surface area (Å²) in [5, 5.41) is 1.17. The Kier molecular flexibility index (Phi) is 2.87. The van der Waals surface area contributed by atoms with Gasteiger partial charge >= 0.3 is 0 Å². The predicted molar refractivity (Wildman–Crippen MR) is 71.3 cm³/mol. The summed E-state index contributed by atoms with van der Waals surface area (Å²) in [6, 6.07) is 6.15. The quantitative estimate of drug-likeness (QED) is 0.884. The van der Waals surface area contributed by atoms with Crippen LogP contribution >= 0.6 is 0 Å². The summed E-state index contributed by atoms with van der Waals surface area (Å²) < 4.78 is 7.65. The number of ether oxygens (including phenoxy) is 1. The van der Waals surface area contributed by atoms with E-state index in [1.165, 1.54) is 10.9 Å². The fourth-order valence-corrected chi connectivity index (χ4v) is 2.14. The Labute approximate surface area is 102 Å². The molecule has 2 N–H and O–H groups in total. The third-order valence-electron chi connectivity index (χ3n) is 2.97. The highest BCUT2D eigenvalue weighted by Crippen LogP contribution is 2.30. The van der Waals surface area contributed by atoms with Gasteiger partial charge in [-0.2, -0.15) is 0 Å². The number of hydrogen-bond acceptors (Lipinski definition) is 2. The van der Waals surface area contributed by atoms with E-state index in [4.69, 9.17) is 10.5 Å². The molecule has 0 aliphatic rings. The lowest BCUT2D eigenvalue weighted by molar-refractivity contribution is 0.340. The van der Waals surface area contributed by atoms with E-state index in [-0.39, 0.29) is 5.54 Å². The van der Waals surface area contributed by atoms with Gasteiger partial charge in [0.1, 0.15) is 5.75 Å². The monoisotopic (exact) mass is 232 g/mol. The highest BCUT2D eigenvalue weighted by atomic mass is 16.5. The van der Waals surface area contributed by atoms with Gasteiger partial charge in [-0.25, -0.2) is 0 Å². The zero-order valence-electron chi connectivity index (χ0n) is 10.9. The second-order valence-corrected chi connectivity index (χ2v) is 4.99. The molecule has 0 bridgehead atoms. The predicted octanol–water partition coefficient (Wildman–Crippen LogP) is 2.77. The molecule has 2 aromatic rings. The van der Waals surface area contributed by atoms with E-state index in [1.807, 2.05) is 33.9 Å². The number of nitrogens with two attached hydrogens (primary N) is 1. The number of rotatable bonds is 3. The second kappa shape index (κ2) is 4.08. The van der Waals surface area contributed by atoms with Gasteiger partial charge in [-0.15, -0.1) is 0 Å². The van der Waals surface area contributed by atoms with Gasteiger partial charge in [0, 0.05) is 29.7 Å². The molecule has 1 aromatic carbocycles. The number of hydrogen-bond donors (Lipinski definition) is 1. The topological polar surface area (TPSA) is 40.2 Å². The van der Waals surface area contributed by atoms with Gasteiger partial charge in [0.15, 0.2) is 0 Å². The molecule has 0 radical (unpaired) electrons. The Morgan fingerprint density at radius 3 is 2.65 bits per heavy atom. The van der Waals surface area contributed by atoms with Crippen LogP contribution in [0.5, 0.6) is 5.75 Å². The van der Waals surface area contributed by atoms with E-state index in [2.05, 4.69) is 22.9 Å². The Hall–Kier alpha value is -1.48. The summed E-state index contributed by atoms with van der Waals surface area (Å²) in [4.78, 5) is 0. The van der Waals surface area contributed by atoms with Gasteiger partial charge < -0.3 is 15.0 Å². The molecule has 92 valence electrons. The highest BCUT2D eigenvalue weighted by molar-refractivity contribution is 5.86. The van der Waals surface area contributed by atoms with E-state index in [1.54, 1.807) is 0 Å². The molecule has 0 aliphatic heterocycles. The van der Waals surface area contributed by atoms with Gasteiger partial charge in [0.05, 0.1) is 6.61 Å². The number of fused-ring (bicyclic) bond motifs is 1. The number of nitrogens with zero attached hydrogens (tertiary/aromatic N) is 1. The van der Waals surface area contributed by atoms with E-state index < -0.39 is 0 Å². The van der Waals surface area contributed by atoms with Crippen molar-refractivity contribution < 1.29 is 4.74 Å². The normalized spacial score (nSPS) is 12.1. The van der Waals surface area contributed by atoms with E-state index in [0.29, 0.717) is 6.61 Å². The third kappa shape index (κ3) is 2.15. The lowest BCUT2D eigenvalue weighted by Crippen LogP contribution is -2.28. The van der Waals surface area contributed by atoms with Crippen molar-refractivity contribution in [3.8, 4) is 5.75 Å². The number of aromatic nitrogens is 1. The molecule has 0 aliphatic carbocycles. The van der Waals surface area contributed by atoms with Crippen molar-refractivity contribution in [3.05, 3.63) is 30.0 Å². The summed E-state index contributed by atoms with van der Waals surface area (Å²) in [5.41, 5.74) is 8.20. The zero-order valence-corrected chi connectivity index (χ0v) is 10.9. The molecular weight excluding hydrogens is 212 g/mol. The van der Waals surface area contributed by atoms with Crippen LogP contribution in [0.2, 0.25) is 0 Å². The summed E-state index contributed by atoms with van der Waals surface area (Å²) >= 11 is 0. The summed E-state index contributed by atoms with van der Waals surface area (Å²) in [6.45, 7) is 6.72. The van der Waals surface area contributed by atoms with Crippen molar-refractivity contribution in [3.63, 3.8) is 0 Å². The molecular formula is C14H20N2O. The molecule has 3 nitrogen and oxygen atoms in total. The van der Waals surface area contributed by atoms with E-state index in [0.717, 1.165) is 11.3 Å². The van der Waals surface area contributed by atoms with Crippen LogP contribution in [-0.2, 0) is 12.6 Å². The first kappa shape index (κ1) is 12.0.